The quantitative estimate of drug-likeness (QED) is 0.554. The van der Waals surface area contributed by atoms with Gasteiger partial charge in [-0.05, 0) is 17.6 Å². The van der Waals surface area contributed by atoms with Crippen LogP contribution < -0.4 is 14.9 Å². The fraction of sp³-hybridized carbons (Fsp3) is 0.143. The molecule has 1 aliphatic rings. The second-order valence-corrected chi connectivity index (χ2v) is 2.24. The van der Waals surface area contributed by atoms with Gasteiger partial charge in [-0.1, -0.05) is 6.07 Å². The molecule has 0 bridgehead atoms. The van der Waals surface area contributed by atoms with E-state index in [1.165, 1.54) is 0 Å². The maximum Gasteiger partial charge on any atom is 0.326 e. The summed E-state index contributed by atoms with van der Waals surface area (Å²) in [4.78, 5) is 0. The first-order chi connectivity index (χ1) is 5.40. The van der Waals surface area contributed by atoms with E-state index in [9.17, 15) is 0 Å². The summed E-state index contributed by atoms with van der Waals surface area (Å²) in [6, 6.07) is 5.25. The third-order valence-corrected chi connectivity index (χ3v) is 1.55. The van der Waals surface area contributed by atoms with Crippen molar-refractivity contribution in [3.8, 4) is 11.5 Å². The summed E-state index contributed by atoms with van der Waals surface area (Å²) in [6.07, 6.45) is 0. The first-order valence-electron chi connectivity index (χ1n) is 3.27. The van der Waals surface area contributed by atoms with Gasteiger partial charge >= 0.3 is 7.48 Å². The van der Waals surface area contributed by atoms with Gasteiger partial charge in [-0.2, -0.15) is 0 Å². The minimum Gasteiger partial charge on any atom is -0.454 e. The fourth-order valence-electron chi connectivity index (χ4n) is 0.993. The van der Waals surface area contributed by atoms with Crippen molar-refractivity contribution in [1.82, 2.24) is 0 Å². The topological polar surface area (TPSA) is 38.7 Å². The average molecular weight is 149 g/mol. The van der Waals surface area contributed by atoms with Crippen molar-refractivity contribution in [3.63, 3.8) is 0 Å². The Morgan fingerprint density at radius 3 is 2.91 bits per heavy atom. The molecule has 0 amide bonds. The van der Waals surface area contributed by atoms with E-state index in [0.29, 0.717) is 11.2 Å². The van der Waals surface area contributed by atoms with Gasteiger partial charge in [0, 0.05) is 0 Å². The Balaban J connectivity index is 2.41. The lowest BCUT2D eigenvalue weighted by molar-refractivity contribution is 0.174. The van der Waals surface area contributed by atoms with E-state index in [4.69, 9.17) is 14.5 Å². The van der Waals surface area contributed by atoms with Crippen molar-refractivity contribution >= 4 is 12.9 Å². The molecule has 0 spiro atoms. The SMILES string of the molecule is O[B]c1ccc2c(c1)OCO2. The van der Waals surface area contributed by atoms with E-state index in [0.717, 1.165) is 13.2 Å². The van der Waals surface area contributed by atoms with Crippen LogP contribution in [0, 0.1) is 0 Å². The highest BCUT2D eigenvalue weighted by atomic mass is 16.7. The van der Waals surface area contributed by atoms with Crippen molar-refractivity contribution in [2.24, 2.45) is 0 Å². The number of ether oxygens (including phenoxy) is 2. The molecule has 0 saturated carbocycles. The zero-order valence-corrected chi connectivity index (χ0v) is 5.78. The summed E-state index contributed by atoms with van der Waals surface area (Å²) in [7, 11) is 1.03. The van der Waals surface area contributed by atoms with Crippen LogP contribution in [0.25, 0.3) is 0 Å². The van der Waals surface area contributed by atoms with E-state index in [1.807, 2.05) is 0 Å². The predicted octanol–water partition coefficient (Wildman–Crippen LogP) is -0.348. The molecule has 1 N–H and O–H groups in total. The Bertz CT molecular complexity index is 274. The van der Waals surface area contributed by atoms with Gasteiger partial charge in [-0.25, -0.2) is 0 Å². The summed E-state index contributed by atoms with van der Waals surface area (Å²) in [6.45, 7) is 0.268. The van der Waals surface area contributed by atoms with Gasteiger partial charge in [0.1, 0.15) is 0 Å². The molecule has 0 aliphatic carbocycles. The molecule has 11 heavy (non-hydrogen) atoms. The van der Waals surface area contributed by atoms with E-state index in [-0.39, 0.29) is 6.79 Å². The number of fused-ring (bicyclic) bond motifs is 1. The van der Waals surface area contributed by atoms with Crippen molar-refractivity contribution in [2.75, 3.05) is 6.79 Å². The molecule has 3 nitrogen and oxygen atoms in total. The second-order valence-electron chi connectivity index (χ2n) is 2.24. The monoisotopic (exact) mass is 149 g/mol. The molecule has 1 aliphatic heterocycles. The van der Waals surface area contributed by atoms with Gasteiger partial charge < -0.3 is 14.5 Å². The summed E-state index contributed by atoms with van der Waals surface area (Å²) in [5.74, 6) is 1.42. The molecular weight excluding hydrogens is 143 g/mol. The number of hydrogen-bond acceptors (Lipinski definition) is 3. The summed E-state index contributed by atoms with van der Waals surface area (Å²) in [5.41, 5.74) is 0.717. The molecule has 0 unspecified atom stereocenters. The molecule has 1 aromatic carbocycles. The molecule has 1 heterocycles. The molecule has 1 aromatic rings. The summed E-state index contributed by atoms with van der Waals surface area (Å²) < 4.78 is 10.2. The maximum atomic E-state index is 8.65. The van der Waals surface area contributed by atoms with E-state index in [1.54, 1.807) is 18.2 Å². The zero-order valence-electron chi connectivity index (χ0n) is 5.78. The molecule has 0 aromatic heterocycles. The highest BCUT2D eigenvalue weighted by molar-refractivity contribution is 6.45. The van der Waals surface area contributed by atoms with Gasteiger partial charge in [0.25, 0.3) is 0 Å². The molecule has 4 heteroatoms. The largest absolute Gasteiger partial charge is 0.454 e. The van der Waals surface area contributed by atoms with Crippen molar-refractivity contribution < 1.29 is 14.5 Å². The van der Waals surface area contributed by atoms with Crippen LogP contribution in [0.15, 0.2) is 18.2 Å². The van der Waals surface area contributed by atoms with Crippen LogP contribution in [0.5, 0.6) is 11.5 Å². The van der Waals surface area contributed by atoms with Crippen LogP contribution in [0.4, 0.5) is 0 Å². The number of rotatable bonds is 1. The molecule has 1 radical (unpaired) electrons. The van der Waals surface area contributed by atoms with Crippen LogP contribution in [-0.4, -0.2) is 19.3 Å². The predicted molar refractivity (Wildman–Crippen MR) is 40.2 cm³/mol. The van der Waals surface area contributed by atoms with Crippen LogP contribution in [0.3, 0.4) is 0 Å². The Hall–Kier alpha value is -1.16. The fourth-order valence-corrected chi connectivity index (χ4v) is 0.993. The van der Waals surface area contributed by atoms with Gasteiger partial charge in [-0.3, -0.25) is 0 Å². The van der Waals surface area contributed by atoms with Crippen LogP contribution >= 0.6 is 0 Å². The smallest absolute Gasteiger partial charge is 0.326 e. The Labute approximate surface area is 64.8 Å². The lowest BCUT2D eigenvalue weighted by atomic mass is 9.89. The molecule has 0 fully saturated rings. The first kappa shape index (κ1) is 6.55. The normalized spacial score (nSPS) is 13.2. The van der Waals surface area contributed by atoms with Crippen molar-refractivity contribution in [2.45, 2.75) is 0 Å². The molecule has 2 rings (SSSR count). The molecule has 0 saturated heterocycles. The lowest BCUT2D eigenvalue weighted by Crippen LogP contribution is -2.11. The summed E-state index contributed by atoms with van der Waals surface area (Å²) in [5, 5.41) is 8.65. The third kappa shape index (κ3) is 1.05. The van der Waals surface area contributed by atoms with E-state index in [2.05, 4.69) is 0 Å². The Morgan fingerprint density at radius 2 is 2.09 bits per heavy atom. The maximum absolute atomic E-state index is 8.65. The number of hydrogen-bond donors (Lipinski definition) is 1. The average Bonchev–Trinajstić information content (AvgIpc) is 2.50. The first-order valence-corrected chi connectivity index (χ1v) is 3.27. The van der Waals surface area contributed by atoms with E-state index < -0.39 is 0 Å². The Kier molecular flexibility index (Phi) is 1.47. The zero-order chi connectivity index (χ0) is 7.68. The Morgan fingerprint density at radius 1 is 1.27 bits per heavy atom. The van der Waals surface area contributed by atoms with E-state index >= 15 is 0 Å². The lowest BCUT2D eigenvalue weighted by Gasteiger charge is -1.96. The standard InChI is InChI=1S/C7H6BO3/c9-8-5-1-2-6-7(3-5)11-4-10-6/h1-3,9H,4H2. The highest BCUT2D eigenvalue weighted by Gasteiger charge is 2.12. The second kappa shape index (κ2) is 2.47. The van der Waals surface area contributed by atoms with Gasteiger partial charge in [0.15, 0.2) is 11.5 Å². The molecule has 0 atom stereocenters. The molecular formula is C7H6BO3. The minimum absolute atomic E-state index is 0.268. The van der Waals surface area contributed by atoms with Crippen molar-refractivity contribution in [3.05, 3.63) is 18.2 Å². The van der Waals surface area contributed by atoms with Crippen LogP contribution in [0.1, 0.15) is 0 Å². The van der Waals surface area contributed by atoms with Crippen LogP contribution in [0.2, 0.25) is 0 Å². The number of benzene rings is 1. The summed E-state index contributed by atoms with van der Waals surface area (Å²) >= 11 is 0. The third-order valence-electron chi connectivity index (χ3n) is 1.55. The van der Waals surface area contributed by atoms with Gasteiger partial charge in [-0.15, -0.1) is 0 Å². The van der Waals surface area contributed by atoms with Crippen LogP contribution in [-0.2, 0) is 0 Å². The molecule has 55 valence electrons. The highest BCUT2D eigenvalue weighted by Crippen LogP contribution is 2.29. The van der Waals surface area contributed by atoms with Gasteiger partial charge in [0.05, 0.1) is 0 Å². The van der Waals surface area contributed by atoms with Crippen molar-refractivity contribution in [1.29, 1.82) is 0 Å². The minimum atomic E-state index is 0.268. The van der Waals surface area contributed by atoms with Gasteiger partial charge in [0.2, 0.25) is 6.79 Å².